The number of nitrogens with zero attached hydrogens (tertiary/aromatic N) is 2. The van der Waals surface area contributed by atoms with Gasteiger partial charge in [0.15, 0.2) is 0 Å². The Labute approximate surface area is 100 Å². The van der Waals surface area contributed by atoms with E-state index in [1.807, 2.05) is 38.1 Å². The van der Waals surface area contributed by atoms with Crippen molar-refractivity contribution in [3.8, 4) is 5.75 Å². The Morgan fingerprint density at radius 3 is 2.06 bits per heavy atom. The van der Waals surface area contributed by atoms with Gasteiger partial charge in [-0.15, -0.1) is 0 Å². The van der Waals surface area contributed by atoms with Crippen molar-refractivity contribution in [2.24, 2.45) is 10.2 Å². The van der Waals surface area contributed by atoms with Crippen LogP contribution in [0.4, 0.5) is 11.4 Å². The molecule has 17 heavy (non-hydrogen) atoms. The van der Waals surface area contributed by atoms with Crippen molar-refractivity contribution in [1.29, 1.82) is 0 Å². The number of hydrogen-bond acceptors (Lipinski definition) is 3. The zero-order valence-corrected chi connectivity index (χ0v) is 9.88. The number of hydrogen-bond donors (Lipinski definition) is 1. The smallest absolute Gasteiger partial charge is 0.118 e. The molecule has 0 amide bonds. The van der Waals surface area contributed by atoms with Crippen LogP contribution in [-0.4, -0.2) is 5.11 Å². The van der Waals surface area contributed by atoms with Gasteiger partial charge in [-0.1, -0.05) is 17.7 Å². The van der Waals surface area contributed by atoms with E-state index >= 15 is 0 Å². The maximum atomic E-state index is 9.39. The average Bonchev–Trinajstić information content (AvgIpc) is 2.33. The molecule has 0 spiro atoms. The maximum Gasteiger partial charge on any atom is 0.118 e. The lowest BCUT2D eigenvalue weighted by molar-refractivity contribution is 0.471. The fourth-order valence-electron chi connectivity index (χ4n) is 1.43. The SMILES string of the molecule is Cc1ccc(N=Nc2ccc(O)c(C)c2)cc1. The van der Waals surface area contributed by atoms with Gasteiger partial charge in [0, 0.05) is 0 Å². The second-order valence-electron chi connectivity index (χ2n) is 4.01. The molecule has 0 saturated heterocycles. The minimum atomic E-state index is 0.277. The zero-order valence-electron chi connectivity index (χ0n) is 9.88. The van der Waals surface area contributed by atoms with Gasteiger partial charge in [0.2, 0.25) is 0 Å². The summed E-state index contributed by atoms with van der Waals surface area (Å²) in [7, 11) is 0. The highest BCUT2D eigenvalue weighted by atomic mass is 16.3. The van der Waals surface area contributed by atoms with Crippen LogP contribution in [0.15, 0.2) is 52.7 Å². The van der Waals surface area contributed by atoms with Crippen molar-refractivity contribution in [3.63, 3.8) is 0 Å². The first-order valence-electron chi connectivity index (χ1n) is 5.43. The van der Waals surface area contributed by atoms with Crippen LogP contribution >= 0.6 is 0 Å². The molecule has 1 N–H and O–H groups in total. The Morgan fingerprint density at radius 1 is 0.824 bits per heavy atom. The molecule has 2 aromatic rings. The van der Waals surface area contributed by atoms with E-state index in [0.29, 0.717) is 0 Å². The van der Waals surface area contributed by atoms with Crippen LogP contribution in [0.5, 0.6) is 5.75 Å². The topological polar surface area (TPSA) is 45.0 Å². The molecule has 0 bridgehead atoms. The normalized spacial score (nSPS) is 10.9. The molecule has 0 aliphatic heterocycles. The maximum absolute atomic E-state index is 9.39. The summed E-state index contributed by atoms with van der Waals surface area (Å²) in [5.41, 5.74) is 3.55. The lowest BCUT2D eigenvalue weighted by atomic mass is 10.2. The molecule has 0 aromatic heterocycles. The second kappa shape index (κ2) is 4.78. The summed E-state index contributed by atoms with van der Waals surface area (Å²) in [5, 5.41) is 17.6. The molecule has 0 atom stereocenters. The molecule has 0 heterocycles. The molecule has 0 saturated carbocycles. The third-order valence-corrected chi connectivity index (χ3v) is 2.50. The van der Waals surface area contributed by atoms with Crippen LogP contribution < -0.4 is 0 Å². The van der Waals surface area contributed by atoms with Gasteiger partial charge in [0.1, 0.15) is 5.75 Å². The average molecular weight is 226 g/mol. The third-order valence-electron chi connectivity index (χ3n) is 2.50. The summed E-state index contributed by atoms with van der Waals surface area (Å²) in [6, 6.07) is 13.0. The highest BCUT2D eigenvalue weighted by Crippen LogP contribution is 2.24. The van der Waals surface area contributed by atoms with Crippen LogP contribution in [0.3, 0.4) is 0 Å². The van der Waals surface area contributed by atoms with Gasteiger partial charge in [0.25, 0.3) is 0 Å². The van der Waals surface area contributed by atoms with Gasteiger partial charge in [0.05, 0.1) is 11.4 Å². The Hall–Kier alpha value is -2.16. The lowest BCUT2D eigenvalue weighted by Gasteiger charge is -1.98. The minimum absolute atomic E-state index is 0.277. The van der Waals surface area contributed by atoms with E-state index in [0.717, 1.165) is 16.9 Å². The van der Waals surface area contributed by atoms with E-state index in [2.05, 4.69) is 10.2 Å². The quantitative estimate of drug-likeness (QED) is 0.756. The summed E-state index contributed by atoms with van der Waals surface area (Å²) in [6.45, 7) is 3.87. The highest BCUT2D eigenvalue weighted by Gasteiger charge is 1.96. The van der Waals surface area contributed by atoms with Gasteiger partial charge >= 0.3 is 0 Å². The van der Waals surface area contributed by atoms with Gasteiger partial charge in [-0.2, -0.15) is 10.2 Å². The minimum Gasteiger partial charge on any atom is -0.508 e. The van der Waals surface area contributed by atoms with Gasteiger partial charge in [-0.25, -0.2) is 0 Å². The Balaban J connectivity index is 2.20. The first-order chi connectivity index (χ1) is 8.15. The predicted octanol–water partition coefficient (Wildman–Crippen LogP) is 4.42. The molecule has 0 unspecified atom stereocenters. The van der Waals surface area contributed by atoms with Crippen molar-refractivity contribution in [1.82, 2.24) is 0 Å². The Morgan fingerprint density at radius 2 is 1.41 bits per heavy atom. The summed E-state index contributed by atoms with van der Waals surface area (Å²) in [5.74, 6) is 0.277. The fraction of sp³-hybridized carbons (Fsp3) is 0.143. The number of phenolic OH excluding ortho intramolecular Hbond substituents is 1. The molecule has 3 nitrogen and oxygen atoms in total. The molecule has 0 fully saturated rings. The van der Waals surface area contributed by atoms with E-state index in [1.165, 1.54) is 5.56 Å². The predicted molar refractivity (Wildman–Crippen MR) is 68.2 cm³/mol. The van der Waals surface area contributed by atoms with E-state index in [-0.39, 0.29) is 5.75 Å². The molecule has 2 aromatic carbocycles. The molecule has 3 heteroatoms. The Bertz CT molecular complexity index is 545. The monoisotopic (exact) mass is 226 g/mol. The van der Waals surface area contributed by atoms with Crippen molar-refractivity contribution in [3.05, 3.63) is 53.6 Å². The van der Waals surface area contributed by atoms with Crippen molar-refractivity contribution < 1.29 is 5.11 Å². The van der Waals surface area contributed by atoms with Crippen LogP contribution in [-0.2, 0) is 0 Å². The van der Waals surface area contributed by atoms with E-state index in [9.17, 15) is 5.11 Å². The number of benzene rings is 2. The van der Waals surface area contributed by atoms with E-state index in [4.69, 9.17) is 0 Å². The van der Waals surface area contributed by atoms with Crippen LogP contribution in [0.25, 0.3) is 0 Å². The summed E-state index contributed by atoms with van der Waals surface area (Å²) >= 11 is 0. The van der Waals surface area contributed by atoms with Gasteiger partial charge < -0.3 is 5.11 Å². The standard InChI is InChI=1S/C14H14N2O/c1-10-3-5-12(6-4-10)15-16-13-7-8-14(17)11(2)9-13/h3-9,17H,1-2H3. The molecular formula is C14H14N2O. The van der Waals surface area contributed by atoms with E-state index in [1.54, 1.807) is 18.2 Å². The number of aryl methyl sites for hydroxylation is 2. The Kier molecular flexibility index (Phi) is 3.19. The van der Waals surface area contributed by atoms with Crippen molar-refractivity contribution in [2.45, 2.75) is 13.8 Å². The zero-order chi connectivity index (χ0) is 12.3. The van der Waals surface area contributed by atoms with E-state index < -0.39 is 0 Å². The summed E-state index contributed by atoms with van der Waals surface area (Å²) in [6.07, 6.45) is 0. The molecule has 86 valence electrons. The third kappa shape index (κ3) is 2.91. The van der Waals surface area contributed by atoms with Crippen LogP contribution in [0.1, 0.15) is 11.1 Å². The first kappa shape index (κ1) is 11.3. The summed E-state index contributed by atoms with van der Waals surface area (Å²) < 4.78 is 0. The number of phenols is 1. The number of rotatable bonds is 2. The van der Waals surface area contributed by atoms with Crippen LogP contribution in [0.2, 0.25) is 0 Å². The van der Waals surface area contributed by atoms with Crippen molar-refractivity contribution in [2.75, 3.05) is 0 Å². The number of aromatic hydroxyl groups is 1. The van der Waals surface area contributed by atoms with Gasteiger partial charge in [-0.05, 0) is 49.7 Å². The highest BCUT2D eigenvalue weighted by molar-refractivity contribution is 5.46. The molecular weight excluding hydrogens is 212 g/mol. The molecule has 2 rings (SSSR count). The largest absolute Gasteiger partial charge is 0.508 e. The van der Waals surface area contributed by atoms with Gasteiger partial charge in [-0.3, -0.25) is 0 Å². The molecule has 0 aliphatic rings. The molecule has 0 radical (unpaired) electrons. The molecule has 0 aliphatic carbocycles. The second-order valence-corrected chi connectivity index (χ2v) is 4.01. The van der Waals surface area contributed by atoms with Crippen molar-refractivity contribution >= 4 is 11.4 Å². The summed E-state index contributed by atoms with van der Waals surface area (Å²) in [4.78, 5) is 0. The number of azo groups is 1. The van der Waals surface area contributed by atoms with Crippen LogP contribution in [0, 0.1) is 13.8 Å². The first-order valence-corrected chi connectivity index (χ1v) is 5.43. The lowest BCUT2D eigenvalue weighted by Crippen LogP contribution is -1.73. The fourth-order valence-corrected chi connectivity index (χ4v) is 1.43.